The summed E-state index contributed by atoms with van der Waals surface area (Å²) >= 11 is 0. The van der Waals surface area contributed by atoms with Crippen molar-refractivity contribution in [2.45, 2.75) is 6.61 Å². The zero-order valence-corrected chi connectivity index (χ0v) is 12.2. The maximum absolute atomic E-state index is 12.1. The van der Waals surface area contributed by atoms with Crippen molar-refractivity contribution >= 4 is 11.8 Å². The van der Waals surface area contributed by atoms with Crippen LogP contribution < -0.4 is 0 Å². The smallest absolute Gasteiger partial charge is 0.410 e. The van der Waals surface area contributed by atoms with E-state index in [0.29, 0.717) is 5.71 Å². The normalized spacial score (nSPS) is 22.4. The Morgan fingerprint density at radius 1 is 1.50 bits per heavy atom. The number of rotatable bonds is 4. The number of hydrogen-bond donors (Lipinski definition) is 1. The lowest BCUT2D eigenvalue weighted by molar-refractivity contribution is 0.0980. The number of aliphatic hydroxyl groups is 1. The summed E-state index contributed by atoms with van der Waals surface area (Å²) in [6, 6.07) is 11.3. The van der Waals surface area contributed by atoms with Crippen molar-refractivity contribution in [3.05, 3.63) is 35.9 Å². The molecule has 0 saturated carbocycles. The van der Waals surface area contributed by atoms with Gasteiger partial charge in [0.05, 0.1) is 25.8 Å². The van der Waals surface area contributed by atoms with E-state index in [2.05, 4.69) is 9.99 Å². The maximum Gasteiger partial charge on any atom is 0.410 e. The van der Waals surface area contributed by atoms with Gasteiger partial charge in [-0.05, 0) is 5.56 Å². The van der Waals surface area contributed by atoms with Gasteiger partial charge in [-0.15, -0.1) is 0 Å². The topological polar surface area (TPSA) is 95.1 Å². The minimum Gasteiger partial charge on any atom is -0.445 e. The second-order valence-electron chi connectivity index (χ2n) is 4.97. The molecule has 1 unspecified atom stereocenters. The van der Waals surface area contributed by atoms with Gasteiger partial charge in [0.15, 0.2) is 0 Å². The van der Waals surface area contributed by atoms with Gasteiger partial charge in [0.25, 0.3) is 0 Å². The van der Waals surface area contributed by atoms with Crippen LogP contribution in [0.5, 0.6) is 0 Å². The van der Waals surface area contributed by atoms with Crippen LogP contribution in [0.1, 0.15) is 5.56 Å². The number of amides is 1. The van der Waals surface area contributed by atoms with E-state index in [4.69, 9.17) is 4.74 Å². The van der Waals surface area contributed by atoms with Gasteiger partial charge in [-0.1, -0.05) is 35.5 Å². The highest BCUT2D eigenvalue weighted by molar-refractivity contribution is 5.98. The van der Waals surface area contributed by atoms with Gasteiger partial charge in [-0.2, -0.15) is 5.26 Å². The Morgan fingerprint density at radius 3 is 2.82 bits per heavy atom. The Kier molecular flexibility index (Phi) is 4.96. The standard InChI is InChI=1S/C15H17N3O4/c1-21-17-13-7-18(10-15(13,9-16)11-19)14(20)22-8-12-5-3-2-4-6-12/h2-6,19H,7-8,10-11H2,1H3/b17-13+. The Labute approximate surface area is 128 Å². The molecular weight excluding hydrogens is 286 g/mol. The predicted molar refractivity (Wildman–Crippen MR) is 77.8 cm³/mol. The molecule has 22 heavy (non-hydrogen) atoms. The molecule has 7 nitrogen and oxygen atoms in total. The molecule has 1 fully saturated rings. The van der Waals surface area contributed by atoms with Gasteiger partial charge in [0.1, 0.15) is 24.8 Å². The number of carbonyl (C=O) groups excluding carboxylic acids is 1. The van der Waals surface area contributed by atoms with Crippen LogP contribution in [0.25, 0.3) is 0 Å². The zero-order valence-electron chi connectivity index (χ0n) is 12.2. The van der Waals surface area contributed by atoms with Gasteiger partial charge in [0, 0.05) is 0 Å². The number of hydrogen-bond acceptors (Lipinski definition) is 6. The molecule has 1 aromatic rings. The highest BCUT2D eigenvalue weighted by atomic mass is 16.6. The van der Waals surface area contributed by atoms with Crippen LogP contribution in [0.3, 0.4) is 0 Å². The minimum absolute atomic E-state index is 0.0236. The lowest BCUT2D eigenvalue weighted by atomic mass is 9.88. The Bertz CT molecular complexity index is 597. The lowest BCUT2D eigenvalue weighted by Gasteiger charge is -2.18. The SMILES string of the molecule is CO/N=C1\CN(C(=O)OCc2ccccc2)CC1(C#N)CO. The number of benzene rings is 1. The molecule has 1 heterocycles. The summed E-state index contributed by atoms with van der Waals surface area (Å²) in [5.74, 6) is 0. The van der Waals surface area contributed by atoms with Crippen LogP contribution in [-0.4, -0.2) is 48.6 Å². The van der Waals surface area contributed by atoms with Crippen molar-refractivity contribution in [3.63, 3.8) is 0 Å². The zero-order chi connectivity index (χ0) is 16.0. The van der Waals surface area contributed by atoms with Crippen LogP contribution in [0.15, 0.2) is 35.5 Å². The third kappa shape index (κ3) is 3.18. The van der Waals surface area contributed by atoms with Gasteiger partial charge >= 0.3 is 6.09 Å². The molecule has 1 saturated heterocycles. The van der Waals surface area contributed by atoms with Gasteiger partial charge in [-0.3, -0.25) is 0 Å². The summed E-state index contributed by atoms with van der Waals surface area (Å²) in [5, 5.41) is 22.5. The second-order valence-corrected chi connectivity index (χ2v) is 4.97. The molecule has 7 heteroatoms. The average Bonchev–Trinajstić information content (AvgIpc) is 2.93. The second kappa shape index (κ2) is 6.91. The molecule has 1 N–H and O–H groups in total. The highest BCUT2D eigenvalue weighted by Gasteiger charge is 2.47. The molecule has 0 aliphatic carbocycles. The molecular formula is C15H17N3O4. The van der Waals surface area contributed by atoms with Crippen LogP contribution in [0, 0.1) is 16.7 Å². The Morgan fingerprint density at radius 2 is 2.23 bits per heavy atom. The number of nitriles is 1. The fraction of sp³-hybridized carbons (Fsp3) is 0.400. The van der Waals surface area contributed by atoms with E-state index in [1.807, 2.05) is 36.4 Å². The van der Waals surface area contributed by atoms with E-state index in [-0.39, 0.29) is 19.7 Å². The van der Waals surface area contributed by atoms with Crippen molar-refractivity contribution in [2.75, 3.05) is 26.8 Å². The summed E-state index contributed by atoms with van der Waals surface area (Å²) in [5.41, 5.74) is -0.0481. The van der Waals surface area contributed by atoms with Crippen LogP contribution in [0.4, 0.5) is 4.79 Å². The van der Waals surface area contributed by atoms with Crippen molar-refractivity contribution in [3.8, 4) is 6.07 Å². The summed E-state index contributed by atoms with van der Waals surface area (Å²) in [6.07, 6.45) is -0.557. The molecule has 1 aromatic carbocycles. The number of aliphatic hydroxyl groups excluding tert-OH is 1. The van der Waals surface area contributed by atoms with Crippen molar-refractivity contribution in [2.24, 2.45) is 10.6 Å². The summed E-state index contributed by atoms with van der Waals surface area (Å²) in [6.45, 7) is -0.175. The summed E-state index contributed by atoms with van der Waals surface area (Å²) < 4.78 is 5.22. The Hall–Kier alpha value is -2.59. The molecule has 1 amide bonds. The van der Waals surface area contributed by atoms with Crippen molar-refractivity contribution in [1.82, 2.24) is 4.90 Å². The number of nitrogens with zero attached hydrogens (tertiary/aromatic N) is 3. The van der Waals surface area contributed by atoms with E-state index in [1.165, 1.54) is 12.0 Å². The van der Waals surface area contributed by atoms with Gasteiger partial charge < -0.3 is 19.6 Å². The largest absolute Gasteiger partial charge is 0.445 e. The average molecular weight is 303 g/mol. The molecule has 0 radical (unpaired) electrons. The van der Waals surface area contributed by atoms with Crippen molar-refractivity contribution < 1.29 is 19.5 Å². The number of oxime groups is 1. The molecule has 1 aliphatic rings. The highest BCUT2D eigenvalue weighted by Crippen LogP contribution is 2.28. The lowest BCUT2D eigenvalue weighted by Crippen LogP contribution is -2.35. The summed E-state index contributed by atoms with van der Waals surface area (Å²) in [7, 11) is 1.35. The molecule has 2 rings (SSSR count). The first-order valence-corrected chi connectivity index (χ1v) is 6.73. The first-order valence-electron chi connectivity index (χ1n) is 6.73. The molecule has 1 aliphatic heterocycles. The molecule has 116 valence electrons. The maximum atomic E-state index is 12.1. The van der Waals surface area contributed by atoms with E-state index in [9.17, 15) is 15.2 Å². The first kappa shape index (κ1) is 15.8. The van der Waals surface area contributed by atoms with Gasteiger partial charge in [0.2, 0.25) is 0 Å². The van der Waals surface area contributed by atoms with Crippen LogP contribution in [-0.2, 0) is 16.2 Å². The van der Waals surface area contributed by atoms with E-state index in [1.54, 1.807) is 0 Å². The first-order chi connectivity index (χ1) is 10.6. The van der Waals surface area contributed by atoms with Gasteiger partial charge in [-0.25, -0.2) is 4.79 Å². The van der Waals surface area contributed by atoms with E-state index >= 15 is 0 Å². The fourth-order valence-electron chi connectivity index (χ4n) is 2.25. The predicted octanol–water partition coefficient (Wildman–Crippen LogP) is 1.14. The monoisotopic (exact) mass is 303 g/mol. The van der Waals surface area contributed by atoms with Crippen molar-refractivity contribution in [1.29, 1.82) is 5.26 Å². The van der Waals surface area contributed by atoms with E-state index < -0.39 is 18.1 Å². The fourth-order valence-corrected chi connectivity index (χ4v) is 2.25. The molecule has 0 aromatic heterocycles. The van der Waals surface area contributed by atoms with Crippen LogP contribution in [0.2, 0.25) is 0 Å². The third-order valence-electron chi connectivity index (χ3n) is 3.50. The quantitative estimate of drug-likeness (QED) is 0.842. The summed E-state index contributed by atoms with van der Waals surface area (Å²) in [4.78, 5) is 18.1. The number of likely N-dealkylation sites (tertiary alicyclic amines) is 1. The Balaban J connectivity index is 2.03. The molecule has 1 atom stereocenters. The minimum atomic E-state index is -1.23. The van der Waals surface area contributed by atoms with Crippen LogP contribution >= 0.6 is 0 Å². The number of ether oxygens (including phenoxy) is 1. The molecule has 0 spiro atoms. The number of carbonyl (C=O) groups is 1. The van der Waals surface area contributed by atoms with E-state index in [0.717, 1.165) is 5.56 Å². The molecule has 0 bridgehead atoms. The third-order valence-corrected chi connectivity index (χ3v) is 3.50.